The number of carbonyl (C=O) groups excluding carboxylic acids is 1. The Morgan fingerprint density at radius 2 is 1.90 bits per heavy atom. The summed E-state index contributed by atoms with van der Waals surface area (Å²) in [7, 11) is 2.18. The molecule has 1 fully saturated rings. The molecule has 3 aromatic rings. The van der Waals surface area contributed by atoms with E-state index < -0.39 is 4.92 Å². The van der Waals surface area contributed by atoms with E-state index in [9.17, 15) is 14.9 Å². The first-order chi connectivity index (χ1) is 15.0. The Bertz CT molecular complexity index is 1090. The summed E-state index contributed by atoms with van der Waals surface area (Å²) in [5.41, 5.74) is 3.38. The topological polar surface area (TPSA) is 91.3 Å². The number of nitro groups is 1. The maximum atomic E-state index is 12.8. The number of aromatic nitrogens is 1. The molecule has 0 unspecified atom stereocenters. The van der Waals surface area contributed by atoms with E-state index in [0.29, 0.717) is 29.1 Å². The van der Waals surface area contributed by atoms with Gasteiger partial charge in [-0.1, -0.05) is 43.5 Å². The molecule has 7 heteroatoms. The van der Waals surface area contributed by atoms with Crippen LogP contribution < -0.4 is 5.32 Å². The monoisotopic (exact) mass is 420 g/mol. The van der Waals surface area contributed by atoms with E-state index in [-0.39, 0.29) is 11.6 Å². The predicted molar refractivity (Wildman–Crippen MR) is 121 cm³/mol. The number of carbonyl (C=O) groups is 1. The molecular formula is C24H28N4O3. The van der Waals surface area contributed by atoms with Gasteiger partial charge in [-0.2, -0.15) is 0 Å². The predicted octanol–water partition coefficient (Wildman–Crippen LogP) is 4.77. The van der Waals surface area contributed by atoms with Crippen molar-refractivity contribution < 1.29 is 9.72 Å². The van der Waals surface area contributed by atoms with E-state index in [2.05, 4.69) is 28.3 Å². The average molecular weight is 421 g/mol. The second-order valence-corrected chi connectivity index (χ2v) is 8.35. The molecule has 1 aliphatic carbocycles. The number of hydrogen-bond acceptors (Lipinski definition) is 4. The van der Waals surface area contributed by atoms with Crippen LogP contribution in [-0.2, 0) is 13.1 Å². The highest BCUT2D eigenvalue weighted by atomic mass is 16.6. The molecule has 162 valence electrons. The average Bonchev–Trinajstić information content (AvgIpc) is 3.22. The van der Waals surface area contributed by atoms with Crippen molar-refractivity contribution in [2.75, 3.05) is 7.05 Å². The van der Waals surface area contributed by atoms with Crippen LogP contribution in [0.1, 0.15) is 53.6 Å². The highest BCUT2D eigenvalue weighted by Gasteiger charge is 2.19. The standard InChI is InChI=1S/C24H28N4O3/c1-27(19-9-3-2-4-10-19)16-18-8-6-5-7-17(18)14-26-24(29)22-15-25-23-12-11-20(28(30)31)13-21(22)23/h5-8,11-13,15,19,25H,2-4,9-10,14,16H2,1H3,(H,26,29). The first kappa shape index (κ1) is 21.1. The Labute approximate surface area is 181 Å². The molecule has 7 nitrogen and oxygen atoms in total. The largest absolute Gasteiger partial charge is 0.360 e. The molecule has 1 heterocycles. The third kappa shape index (κ3) is 4.77. The number of rotatable bonds is 7. The number of hydrogen-bond donors (Lipinski definition) is 2. The van der Waals surface area contributed by atoms with Gasteiger partial charge in [-0.05, 0) is 37.1 Å². The third-order valence-corrected chi connectivity index (χ3v) is 6.30. The van der Waals surface area contributed by atoms with Crippen LogP contribution in [0.25, 0.3) is 10.9 Å². The molecule has 0 saturated heterocycles. The summed E-state index contributed by atoms with van der Waals surface area (Å²) in [6.45, 7) is 1.27. The highest BCUT2D eigenvalue weighted by molar-refractivity contribution is 6.07. The van der Waals surface area contributed by atoms with Crippen molar-refractivity contribution in [3.05, 3.63) is 75.5 Å². The molecule has 31 heavy (non-hydrogen) atoms. The van der Waals surface area contributed by atoms with Gasteiger partial charge >= 0.3 is 0 Å². The van der Waals surface area contributed by atoms with Crippen LogP contribution in [0.3, 0.4) is 0 Å². The van der Waals surface area contributed by atoms with E-state index >= 15 is 0 Å². The van der Waals surface area contributed by atoms with Gasteiger partial charge in [0.2, 0.25) is 0 Å². The van der Waals surface area contributed by atoms with Crippen LogP contribution >= 0.6 is 0 Å². The molecule has 4 rings (SSSR count). The SMILES string of the molecule is CN(Cc1ccccc1CNC(=O)c1c[nH]c2ccc([N+](=O)[O-])cc12)C1CCCCC1. The van der Waals surface area contributed by atoms with Crippen LogP contribution in [0.2, 0.25) is 0 Å². The molecule has 1 saturated carbocycles. The van der Waals surface area contributed by atoms with Crippen molar-refractivity contribution in [1.82, 2.24) is 15.2 Å². The fourth-order valence-electron chi connectivity index (χ4n) is 4.48. The fourth-order valence-corrected chi connectivity index (χ4v) is 4.48. The molecule has 0 bridgehead atoms. The molecular weight excluding hydrogens is 392 g/mol. The normalized spacial score (nSPS) is 14.8. The van der Waals surface area contributed by atoms with Crippen molar-refractivity contribution in [1.29, 1.82) is 0 Å². The minimum Gasteiger partial charge on any atom is -0.360 e. The Morgan fingerprint density at radius 3 is 2.65 bits per heavy atom. The molecule has 0 atom stereocenters. The van der Waals surface area contributed by atoms with Crippen LogP contribution in [-0.4, -0.2) is 33.8 Å². The minimum absolute atomic E-state index is 0.0303. The van der Waals surface area contributed by atoms with Gasteiger partial charge in [0.15, 0.2) is 0 Å². The second kappa shape index (κ2) is 9.31. The molecule has 1 aliphatic rings. The number of nitro benzene ring substituents is 1. The molecule has 0 spiro atoms. The van der Waals surface area contributed by atoms with Crippen LogP contribution in [0.4, 0.5) is 5.69 Å². The van der Waals surface area contributed by atoms with Crippen LogP contribution in [0.15, 0.2) is 48.7 Å². The third-order valence-electron chi connectivity index (χ3n) is 6.30. The highest BCUT2D eigenvalue weighted by Crippen LogP contribution is 2.25. The van der Waals surface area contributed by atoms with E-state index in [1.165, 1.54) is 49.8 Å². The number of H-pyrrole nitrogens is 1. The second-order valence-electron chi connectivity index (χ2n) is 8.35. The number of fused-ring (bicyclic) bond motifs is 1. The summed E-state index contributed by atoms with van der Waals surface area (Å²) >= 11 is 0. The van der Waals surface area contributed by atoms with E-state index in [1.54, 1.807) is 12.3 Å². The molecule has 1 amide bonds. The van der Waals surface area contributed by atoms with Gasteiger partial charge in [0.25, 0.3) is 11.6 Å². The van der Waals surface area contributed by atoms with Gasteiger partial charge in [0.05, 0.1) is 10.5 Å². The van der Waals surface area contributed by atoms with Crippen molar-refractivity contribution in [2.24, 2.45) is 0 Å². The van der Waals surface area contributed by atoms with Gasteiger partial charge < -0.3 is 10.3 Å². The van der Waals surface area contributed by atoms with Crippen LogP contribution in [0, 0.1) is 10.1 Å². The summed E-state index contributed by atoms with van der Waals surface area (Å²) < 4.78 is 0. The van der Waals surface area contributed by atoms with E-state index in [1.807, 2.05) is 18.2 Å². The number of amides is 1. The molecule has 0 aliphatic heterocycles. The lowest BCUT2D eigenvalue weighted by Crippen LogP contribution is -2.33. The summed E-state index contributed by atoms with van der Waals surface area (Å²) in [5.74, 6) is -0.248. The van der Waals surface area contributed by atoms with E-state index in [4.69, 9.17) is 0 Å². The van der Waals surface area contributed by atoms with Gasteiger partial charge in [0, 0.05) is 48.4 Å². The molecule has 0 radical (unpaired) electrons. The number of benzene rings is 2. The summed E-state index contributed by atoms with van der Waals surface area (Å²) in [5, 5.41) is 14.6. The number of nitrogens with one attached hydrogen (secondary N) is 2. The van der Waals surface area contributed by atoms with Gasteiger partial charge in [0.1, 0.15) is 0 Å². The Morgan fingerprint density at radius 1 is 1.16 bits per heavy atom. The maximum absolute atomic E-state index is 12.8. The molecule has 1 aromatic heterocycles. The first-order valence-corrected chi connectivity index (χ1v) is 10.8. The maximum Gasteiger partial charge on any atom is 0.270 e. The smallest absolute Gasteiger partial charge is 0.270 e. The summed E-state index contributed by atoms with van der Waals surface area (Å²) in [6, 6.07) is 13.3. The van der Waals surface area contributed by atoms with Gasteiger partial charge in [-0.3, -0.25) is 19.8 Å². The zero-order chi connectivity index (χ0) is 21.8. The first-order valence-electron chi connectivity index (χ1n) is 10.8. The van der Waals surface area contributed by atoms with E-state index in [0.717, 1.165) is 12.1 Å². The zero-order valence-corrected chi connectivity index (χ0v) is 17.8. The molecule has 2 aromatic carbocycles. The van der Waals surface area contributed by atoms with Gasteiger partial charge in [-0.15, -0.1) is 0 Å². The fraction of sp³-hybridized carbons (Fsp3) is 0.375. The van der Waals surface area contributed by atoms with Crippen molar-refractivity contribution in [3.63, 3.8) is 0 Å². The minimum atomic E-state index is -0.451. The lowest BCUT2D eigenvalue weighted by Gasteiger charge is -2.31. The number of nitrogens with zero attached hydrogens (tertiary/aromatic N) is 2. The summed E-state index contributed by atoms with van der Waals surface area (Å²) in [6.07, 6.45) is 8.05. The Hall–Kier alpha value is -3.19. The summed E-state index contributed by atoms with van der Waals surface area (Å²) in [4.78, 5) is 28.9. The Balaban J connectivity index is 1.46. The lowest BCUT2D eigenvalue weighted by molar-refractivity contribution is -0.384. The zero-order valence-electron chi connectivity index (χ0n) is 17.8. The van der Waals surface area contributed by atoms with Crippen molar-refractivity contribution in [3.8, 4) is 0 Å². The molecule has 2 N–H and O–H groups in total. The Kier molecular flexibility index (Phi) is 6.32. The number of aromatic amines is 1. The van der Waals surface area contributed by atoms with Crippen molar-refractivity contribution >= 4 is 22.5 Å². The van der Waals surface area contributed by atoms with Crippen LogP contribution in [0.5, 0.6) is 0 Å². The number of non-ortho nitro benzene ring substituents is 1. The lowest BCUT2D eigenvalue weighted by atomic mass is 9.94. The van der Waals surface area contributed by atoms with Gasteiger partial charge in [-0.25, -0.2) is 0 Å². The quantitative estimate of drug-likeness (QED) is 0.425. The van der Waals surface area contributed by atoms with Crippen molar-refractivity contribution in [2.45, 2.75) is 51.2 Å².